The summed E-state index contributed by atoms with van der Waals surface area (Å²) in [5.74, 6) is 0.725. The van der Waals surface area contributed by atoms with Crippen molar-refractivity contribution in [2.24, 2.45) is 11.1 Å². The Kier molecular flexibility index (Phi) is 6.83. The molecule has 0 saturated carbocycles. The minimum Gasteiger partial charge on any atom is -0.411 e. The van der Waals surface area contributed by atoms with Crippen LogP contribution in [0.2, 0.25) is 0 Å². The highest BCUT2D eigenvalue weighted by atomic mass is 16.4. The van der Waals surface area contributed by atoms with Crippen molar-refractivity contribution in [2.45, 2.75) is 45.1 Å². The van der Waals surface area contributed by atoms with Gasteiger partial charge in [-0.2, -0.15) is 0 Å². The molecule has 0 radical (unpaired) electrons. The molecule has 2 heterocycles. The molecule has 2 aliphatic heterocycles. The summed E-state index contributed by atoms with van der Waals surface area (Å²) in [5, 5.41) is 13.2. The van der Waals surface area contributed by atoms with Gasteiger partial charge in [0.2, 0.25) is 0 Å². The maximum absolute atomic E-state index is 9.57. The first-order valence-corrected chi connectivity index (χ1v) is 11.1. The number of oxime groups is 1. The van der Waals surface area contributed by atoms with E-state index in [2.05, 4.69) is 69.6 Å². The lowest BCUT2D eigenvalue weighted by Gasteiger charge is -2.32. The predicted octanol–water partition coefficient (Wildman–Crippen LogP) is 5.16. The van der Waals surface area contributed by atoms with Crippen molar-refractivity contribution in [2.75, 3.05) is 31.1 Å². The minimum atomic E-state index is 0.725. The Bertz CT molecular complexity index is 773. The molecule has 0 aliphatic carbocycles. The number of nitrogens with zero attached hydrogens (tertiary/aromatic N) is 3. The fourth-order valence-electron chi connectivity index (χ4n) is 4.71. The molecule has 4 nitrogen and oxygen atoms in total. The van der Waals surface area contributed by atoms with E-state index in [0.717, 1.165) is 62.8 Å². The van der Waals surface area contributed by atoms with Gasteiger partial charge in [0.05, 0.1) is 5.71 Å². The van der Waals surface area contributed by atoms with Crippen molar-refractivity contribution in [1.82, 2.24) is 4.90 Å². The Morgan fingerprint density at radius 1 is 0.897 bits per heavy atom. The summed E-state index contributed by atoms with van der Waals surface area (Å²) in [4.78, 5) is 4.99. The van der Waals surface area contributed by atoms with Crippen molar-refractivity contribution >= 4 is 11.4 Å². The maximum Gasteiger partial charge on any atom is 0.0867 e. The number of anilines is 1. The first kappa shape index (κ1) is 20.0. The van der Waals surface area contributed by atoms with Crippen molar-refractivity contribution < 1.29 is 5.21 Å². The van der Waals surface area contributed by atoms with Gasteiger partial charge in [0, 0.05) is 25.3 Å². The Morgan fingerprint density at radius 2 is 1.59 bits per heavy atom. The van der Waals surface area contributed by atoms with Crippen LogP contribution in [-0.4, -0.2) is 42.0 Å². The minimum absolute atomic E-state index is 0.725. The van der Waals surface area contributed by atoms with Gasteiger partial charge in [-0.3, -0.25) is 4.90 Å². The fourth-order valence-corrected chi connectivity index (χ4v) is 4.71. The summed E-state index contributed by atoms with van der Waals surface area (Å²) < 4.78 is 0. The zero-order valence-corrected chi connectivity index (χ0v) is 17.3. The van der Waals surface area contributed by atoms with Gasteiger partial charge in [0.15, 0.2) is 0 Å². The lowest BCUT2D eigenvalue weighted by atomic mass is 9.90. The molecule has 2 aromatic rings. The number of benzene rings is 2. The molecule has 2 fully saturated rings. The SMILES string of the molecule is ON=C(CCC1CCN(Cc2ccccc2)CC1)c1ccc(N2CCCC2)cc1. The van der Waals surface area contributed by atoms with E-state index in [0.29, 0.717) is 0 Å². The normalized spacial score (nSPS) is 19.0. The third-order valence-corrected chi connectivity index (χ3v) is 6.54. The number of likely N-dealkylation sites (tertiary alicyclic amines) is 1. The van der Waals surface area contributed by atoms with Gasteiger partial charge in [-0.15, -0.1) is 0 Å². The lowest BCUT2D eigenvalue weighted by molar-refractivity contribution is 0.173. The summed E-state index contributed by atoms with van der Waals surface area (Å²) >= 11 is 0. The van der Waals surface area contributed by atoms with Crippen molar-refractivity contribution in [3.8, 4) is 0 Å². The molecule has 154 valence electrons. The second-order valence-electron chi connectivity index (χ2n) is 8.53. The van der Waals surface area contributed by atoms with Gasteiger partial charge in [-0.05, 0) is 80.8 Å². The van der Waals surface area contributed by atoms with Crippen LogP contribution in [0.1, 0.15) is 49.7 Å². The van der Waals surface area contributed by atoms with Crippen LogP contribution in [0.5, 0.6) is 0 Å². The highest BCUT2D eigenvalue weighted by molar-refractivity contribution is 6.00. The van der Waals surface area contributed by atoms with Gasteiger partial charge in [-0.25, -0.2) is 0 Å². The summed E-state index contributed by atoms with van der Waals surface area (Å²) in [7, 11) is 0. The molecule has 29 heavy (non-hydrogen) atoms. The number of rotatable bonds is 7. The van der Waals surface area contributed by atoms with Crippen molar-refractivity contribution in [3.63, 3.8) is 0 Å². The fraction of sp³-hybridized carbons (Fsp3) is 0.480. The molecule has 0 amide bonds. The molecular formula is C25H33N3O. The first-order valence-electron chi connectivity index (χ1n) is 11.1. The van der Waals surface area contributed by atoms with Crippen LogP contribution in [0.25, 0.3) is 0 Å². The van der Waals surface area contributed by atoms with Crippen LogP contribution in [-0.2, 0) is 6.54 Å². The van der Waals surface area contributed by atoms with Crippen LogP contribution < -0.4 is 4.90 Å². The highest BCUT2D eigenvalue weighted by Gasteiger charge is 2.20. The molecule has 2 aromatic carbocycles. The van der Waals surface area contributed by atoms with E-state index in [1.54, 1.807) is 0 Å². The average Bonchev–Trinajstić information content (AvgIpc) is 3.31. The van der Waals surface area contributed by atoms with Crippen LogP contribution in [0.3, 0.4) is 0 Å². The summed E-state index contributed by atoms with van der Waals surface area (Å²) in [6, 6.07) is 19.3. The summed E-state index contributed by atoms with van der Waals surface area (Å²) in [6.07, 6.45) is 7.00. The molecule has 4 rings (SSSR count). The molecule has 0 bridgehead atoms. The van der Waals surface area contributed by atoms with Crippen LogP contribution >= 0.6 is 0 Å². The number of hydrogen-bond acceptors (Lipinski definition) is 4. The number of piperidine rings is 1. The average molecular weight is 392 g/mol. The zero-order chi connectivity index (χ0) is 19.9. The summed E-state index contributed by atoms with van der Waals surface area (Å²) in [6.45, 7) is 5.69. The topological polar surface area (TPSA) is 39.1 Å². The number of hydrogen-bond donors (Lipinski definition) is 1. The Labute approximate surface area is 174 Å². The van der Waals surface area contributed by atoms with Gasteiger partial charge in [0.1, 0.15) is 0 Å². The van der Waals surface area contributed by atoms with E-state index in [4.69, 9.17) is 0 Å². The predicted molar refractivity (Wildman–Crippen MR) is 120 cm³/mol. The molecule has 0 aromatic heterocycles. The van der Waals surface area contributed by atoms with E-state index in [1.165, 1.54) is 36.9 Å². The molecule has 2 aliphatic rings. The van der Waals surface area contributed by atoms with E-state index in [1.807, 2.05) is 0 Å². The lowest BCUT2D eigenvalue weighted by Crippen LogP contribution is -2.33. The Morgan fingerprint density at radius 3 is 2.24 bits per heavy atom. The van der Waals surface area contributed by atoms with Crippen LogP contribution in [0.15, 0.2) is 59.8 Å². The standard InChI is InChI=1S/C25H33N3O/c29-26-25(23-9-11-24(12-10-23)28-16-4-5-17-28)13-8-21-14-18-27(19-15-21)20-22-6-2-1-3-7-22/h1-3,6-7,9-12,21,29H,4-5,8,13-20H2. The monoisotopic (exact) mass is 391 g/mol. The highest BCUT2D eigenvalue weighted by Crippen LogP contribution is 2.25. The smallest absolute Gasteiger partial charge is 0.0867 e. The molecule has 1 N–H and O–H groups in total. The van der Waals surface area contributed by atoms with Gasteiger partial charge < -0.3 is 10.1 Å². The molecular weight excluding hydrogens is 358 g/mol. The molecule has 4 heteroatoms. The largest absolute Gasteiger partial charge is 0.411 e. The van der Waals surface area contributed by atoms with Gasteiger partial charge in [-0.1, -0.05) is 47.6 Å². The van der Waals surface area contributed by atoms with E-state index in [9.17, 15) is 5.21 Å². The maximum atomic E-state index is 9.57. The van der Waals surface area contributed by atoms with Gasteiger partial charge in [0.25, 0.3) is 0 Å². The third-order valence-electron chi connectivity index (χ3n) is 6.54. The molecule has 0 unspecified atom stereocenters. The van der Waals surface area contributed by atoms with Crippen molar-refractivity contribution in [1.29, 1.82) is 0 Å². The second kappa shape index (κ2) is 9.93. The van der Waals surface area contributed by atoms with E-state index >= 15 is 0 Å². The van der Waals surface area contributed by atoms with Crippen LogP contribution in [0, 0.1) is 5.92 Å². The molecule has 0 spiro atoms. The molecule has 2 saturated heterocycles. The quantitative estimate of drug-likeness (QED) is 0.403. The third kappa shape index (κ3) is 5.39. The van der Waals surface area contributed by atoms with E-state index < -0.39 is 0 Å². The zero-order valence-electron chi connectivity index (χ0n) is 17.3. The summed E-state index contributed by atoms with van der Waals surface area (Å²) in [5.41, 5.74) is 4.56. The first-order chi connectivity index (χ1) is 14.3. The Hall–Kier alpha value is -2.33. The van der Waals surface area contributed by atoms with Crippen molar-refractivity contribution in [3.05, 3.63) is 65.7 Å². The van der Waals surface area contributed by atoms with E-state index in [-0.39, 0.29) is 0 Å². The Balaban J connectivity index is 1.24. The second-order valence-corrected chi connectivity index (χ2v) is 8.53. The van der Waals surface area contributed by atoms with Crippen LogP contribution in [0.4, 0.5) is 5.69 Å². The van der Waals surface area contributed by atoms with Gasteiger partial charge >= 0.3 is 0 Å². The molecule has 0 atom stereocenters.